The topological polar surface area (TPSA) is 38.5 Å². The van der Waals surface area contributed by atoms with Gasteiger partial charge in [0.15, 0.2) is 0 Å². The summed E-state index contributed by atoms with van der Waals surface area (Å²) in [5.41, 5.74) is 8.74. The molecule has 0 aliphatic rings. The van der Waals surface area contributed by atoms with Gasteiger partial charge in [-0.15, -0.1) is 0 Å². The van der Waals surface area contributed by atoms with E-state index in [9.17, 15) is 0 Å². The van der Waals surface area contributed by atoms with Gasteiger partial charge in [-0.25, -0.2) is 0 Å². The van der Waals surface area contributed by atoms with Crippen LogP contribution in [0.15, 0.2) is 24.3 Å². The highest BCUT2D eigenvalue weighted by molar-refractivity contribution is 5.25. The van der Waals surface area contributed by atoms with E-state index < -0.39 is 0 Å². The van der Waals surface area contributed by atoms with Crippen LogP contribution in [0.3, 0.4) is 0 Å². The summed E-state index contributed by atoms with van der Waals surface area (Å²) in [5.74, 6) is 0. The number of benzene rings is 1. The minimum Gasteiger partial charge on any atom is -0.383 e. The Morgan fingerprint density at radius 2 is 1.85 bits per heavy atom. The Kier molecular flexibility index (Phi) is 7.82. The molecule has 0 spiro atoms. The molecule has 3 heteroatoms. The van der Waals surface area contributed by atoms with E-state index in [0.717, 1.165) is 26.0 Å². The Morgan fingerprint density at radius 1 is 1.20 bits per heavy atom. The highest BCUT2D eigenvalue weighted by Crippen LogP contribution is 2.23. The minimum atomic E-state index is 0.269. The van der Waals surface area contributed by atoms with E-state index in [1.807, 2.05) is 0 Å². The average Bonchev–Trinajstić information content (AvgIpc) is 2.51. The summed E-state index contributed by atoms with van der Waals surface area (Å²) >= 11 is 0. The predicted molar refractivity (Wildman–Crippen MR) is 86.0 cm³/mol. The van der Waals surface area contributed by atoms with Crippen molar-refractivity contribution >= 4 is 0 Å². The van der Waals surface area contributed by atoms with Crippen LogP contribution < -0.4 is 5.73 Å². The molecule has 20 heavy (non-hydrogen) atoms. The zero-order valence-corrected chi connectivity index (χ0v) is 13.4. The lowest BCUT2D eigenvalue weighted by molar-refractivity contribution is 0.0902. The van der Waals surface area contributed by atoms with E-state index in [4.69, 9.17) is 10.5 Å². The summed E-state index contributed by atoms with van der Waals surface area (Å²) < 4.78 is 5.25. The molecule has 1 aromatic rings. The monoisotopic (exact) mass is 278 g/mol. The van der Waals surface area contributed by atoms with Gasteiger partial charge in [-0.3, -0.25) is 4.90 Å². The Bertz CT molecular complexity index is 364. The average molecular weight is 278 g/mol. The van der Waals surface area contributed by atoms with Crippen molar-refractivity contribution in [3.8, 4) is 0 Å². The van der Waals surface area contributed by atoms with Crippen molar-refractivity contribution in [1.82, 2.24) is 4.90 Å². The maximum absolute atomic E-state index is 6.06. The quantitative estimate of drug-likeness (QED) is 0.754. The number of hydrogen-bond donors (Lipinski definition) is 1. The van der Waals surface area contributed by atoms with Gasteiger partial charge >= 0.3 is 0 Å². The van der Waals surface area contributed by atoms with Gasteiger partial charge in [0.1, 0.15) is 0 Å². The first-order valence-electron chi connectivity index (χ1n) is 7.71. The largest absolute Gasteiger partial charge is 0.383 e. The van der Waals surface area contributed by atoms with Crippen LogP contribution in [0, 0.1) is 0 Å². The number of aryl methyl sites for hydroxylation is 1. The molecule has 0 aromatic heterocycles. The second-order valence-corrected chi connectivity index (χ2v) is 5.33. The Hall–Kier alpha value is -0.900. The number of methoxy groups -OCH3 is 1. The van der Waals surface area contributed by atoms with E-state index in [0.29, 0.717) is 12.6 Å². The molecule has 0 amide bonds. The molecule has 1 aromatic carbocycles. The summed E-state index contributed by atoms with van der Waals surface area (Å²) in [6, 6.07) is 9.64. The lowest BCUT2D eigenvalue weighted by Gasteiger charge is -2.35. The van der Waals surface area contributed by atoms with Crippen molar-refractivity contribution in [3.63, 3.8) is 0 Å². The number of nitrogens with two attached hydrogens (primary N) is 1. The van der Waals surface area contributed by atoms with Crippen LogP contribution in [0.1, 0.15) is 44.4 Å². The van der Waals surface area contributed by atoms with Crippen LogP contribution in [0.25, 0.3) is 0 Å². The summed E-state index contributed by atoms with van der Waals surface area (Å²) in [6.07, 6.45) is 2.19. The third-order valence-corrected chi connectivity index (χ3v) is 4.11. The van der Waals surface area contributed by atoms with Crippen molar-refractivity contribution in [2.45, 2.75) is 45.7 Å². The molecule has 0 fully saturated rings. The highest BCUT2D eigenvalue weighted by Gasteiger charge is 2.22. The van der Waals surface area contributed by atoms with E-state index in [2.05, 4.69) is 49.9 Å². The fourth-order valence-electron chi connectivity index (χ4n) is 2.55. The maximum Gasteiger partial charge on any atom is 0.0590 e. The van der Waals surface area contributed by atoms with Gasteiger partial charge in [0.2, 0.25) is 0 Å². The minimum absolute atomic E-state index is 0.269. The van der Waals surface area contributed by atoms with Crippen LogP contribution in [0.4, 0.5) is 0 Å². The van der Waals surface area contributed by atoms with Crippen molar-refractivity contribution in [2.75, 3.05) is 26.8 Å². The normalized spacial score (nSPS) is 14.5. The highest BCUT2D eigenvalue weighted by atomic mass is 16.5. The number of rotatable bonds is 9. The van der Waals surface area contributed by atoms with E-state index in [1.165, 1.54) is 11.1 Å². The van der Waals surface area contributed by atoms with Gasteiger partial charge in [-0.2, -0.15) is 0 Å². The number of hydrogen-bond acceptors (Lipinski definition) is 3. The molecule has 0 heterocycles. The third kappa shape index (κ3) is 4.58. The Morgan fingerprint density at radius 3 is 2.30 bits per heavy atom. The van der Waals surface area contributed by atoms with Gasteiger partial charge in [0.05, 0.1) is 6.61 Å². The zero-order valence-electron chi connectivity index (χ0n) is 13.4. The van der Waals surface area contributed by atoms with Crippen LogP contribution in [0.5, 0.6) is 0 Å². The van der Waals surface area contributed by atoms with Crippen molar-refractivity contribution in [3.05, 3.63) is 35.4 Å². The molecule has 3 nitrogen and oxygen atoms in total. The predicted octanol–water partition coefficient (Wildman–Crippen LogP) is 3.00. The second kappa shape index (κ2) is 9.11. The molecular formula is C17H30N2O. The summed E-state index contributed by atoms with van der Waals surface area (Å²) in [4.78, 5) is 2.46. The smallest absolute Gasteiger partial charge is 0.0590 e. The molecule has 0 saturated heterocycles. The van der Waals surface area contributed by atoms with Crippen LogP contribution in [0.2, 0.25) is 0 Å². The molecule has 114 valence electrons. The van der Waals surface area contributed by atoms with Crippen molar-refractivity contribution in [2.24, 2.45) is 5.73 Å². The third-order valence-electron chi connectivity index (χ3n) is 4.11. The maximum atomic E-state index is 6.06. The molecule has 0 aliphatic heterocycles. The number of nitrogens with zero attached hydrogens (tertiary/aromatic N) is 1. The van der Waals surface area contributed by atoms with E-state index >= 15 is 0 Å². The fraction of sp³-hybridized carbons (Fsp3) is 0.647. The Labute approximate surface area is 124 Å². The zero-order chi connectivity index (χ0) is 15.0. The van der Waals surface area contributed by atoms with E-state index in [1.54, 1.807) is 7.11 Å². The lowest BCUT2D eigenvalue weighted by Crippen LogP contribution is -2.41. The molecule has 0 saturated carbocycles. The van der Waals surface area contributed by atoms with Crippen LogP contribution >= 0.6 is 0 Å². The summed E-state index contributed by atoms with van der Waals surface area (Å²) in [7, 11) is 1.75. The molecule has 2 unspecified atom stereocenters. The van der Waals surface area contributed by atoms with Crippen LogP contribution in [-0.2, 0) is 11.2 Å². The van der Waals surface area contributed by atoms with Crippen molar-refractivity contribution < 1.29 is 4.74 Å². The Balaban J connectivity index is 2.91. The molecule has 0 bridgehead atoms. The second-order valence-electron chi connectivity index (χ2n) is 5.33. The molecule has 2 atom stereocenters. The standard InChI is InChI=1S/C17H30N2O/c1-5-14(3)19(11-12-20-4)17(13-18)16-9-7-15(6-2)8-10-16/h7-10,14,17H,5-6,11-13,18H2,1-4H3. The molecule has 0 radical (unpaired) electrons. The summed E-state index contributed by atoms with van der Waals surface area (Å²) in [6.45, 7) is 8.97. The molecule has 2 N–H and O–H groups in total. The van der Waals surface area contributed by atoms with Gasteiger partial charge in [0.25, 0.3) is 0 Å². The molecule has 0 aliphatic carbocycles. The SMILES string of the molecule is CCc1ccc(C(CN)N(CCOC)C(C)CC)cc1. The van der Waals surface area contributed by atoms with Crippen molar-refractivity contribution in [1.29, 1.82) is 0 Å². The first kappa shape index (κ1) is 17.2. The van der Waals surface area contributed by atoms with Gasteiger partial charge in [-0.1, -0.05) is 38.1 Å². The van der Waals surface area contributed by atoms with Gasteiger partial charge in [-0.05, 0) is 30.9 Å². The molecular weight excluding hydrogens is 248 g/mol. The first-order valence-corrected chi connectivity index (χ1v) is 7.71. The fourth-order valence-corrected chi connectivity index (χ4v) is 2.55. The van der Waals surface area contributed by atoms with Gasteiger partial charge in [0, 0.05) is 32.3 Å². The first-order chi connectivity index (χ1) is 9.67. The van der Waals surface area contributed by atoms with E-state index in [-0.39, 0.29) is 6.04 Å². The number of ether oxygens (including phenoxy) is 1. The molecule has 1 rings (SSSR count). The van der Waals surface area contributed by atoms with Gasteiger partial charge < -0.3 is 10.5 Å². The summed E-state index contributed by atoms with van der Waals surface area (Å²) in [5, 5.41) is 0. The lowest BCUT2D eigenvalue weighted by atomic mass is 10.0. The van der Waals surface area contributed by atoms with Crippen LogP contribution in [-0.4, -0.2) is 37.7 Å².